The standard InChI is InChI=1S/C18H20N4O/c1-18(2,16-6-4-5-9-20-16)21-14-11-17(23)22(3)15-8-7-12(19)10-13(14)15/h4-11,21H,19H2,1-3H3. The zero-order chi connectivity index (χ0) is 16.6. The van der Waals surface area contributed by atoms with Crippen molar-refractivity contribution in [1.82, 2.24) is 9.55 Å². The van der Waals surface area contributed by atoms with Gasteiger partial charge < -0.3 is 15.6 Å². The molecule has 0 saturated heterocycles. The van der Waals surface area contributed by atoms with Gasteiger partial charge in [0.25, 0.3) is 5.56 Å². The molecule has 0 aliphatic rings. The normalized spacial score (nSPS) is 11.6. The number of nitrogen functional groups attached to an aromatic ring is 1. The number of pyridine rings is 2. The molecule has 2 aromatic heterocycles. The number of nitrogens with zero attached hydrogens (tertiary/aromatic N) is 2. The van der Waals surface area contributed by atoms with E-state index in [1.54, 1.807) is 29.9 Å². The quantitative estimate of drug-likeness (QED) is 0.730. The number of anilines is 2. The van der Waals surface area contributed by atoms with Crippen LogP contribution < -0.4 is 16.6 Å². The van der Waals surface area contributed by atoms with Crippen LogP contribution in [0.3, 0.4) is 0 Å². The van der Waals surface area contributed by atoms with Crippen molar-refractivity contribution in [3.8, 4) is 0 Å². The molecule has 0 spiro atoms. The lowest BCUT2D eigenvalue weighted by Crippen LogP contribution is -2.30. The SMILES string of the molecule is Cn1c(=O)cc(NC(C)(C)c2ccccn2)c2cc(N)ccc21. The molecule has 0 amide bonds. The predicted octanol–water partition coefficient (Wildman–Crippen LogP) is 2.86. The fraction of sp³-hybridized carbons (Fsp3) is 0.222. The van der Waals surface area contributed by atoms with Gasteiger partial charge in [-0.05, 0) is 44.2 Å². The van der Waals surface area contributed by atoms with E-state index in [1.807, 2.05) is 44.2 Å². The molecule has 0 saturated carbocycles. The average Bonchev–Trinajstić information content (AvgIpc) is 2.53. The highest BCUT2D eigenvalue weighted by Crippen LogP contribution is 2.29. The van der Waals surface area contributed by atoms with E-state index in [1.165, 1.54) is 0 Å². The molecule has 3 aromatic rings. The van der Waals surface area contributed by atoms with Gasteiger partial charge in [0.05, 0.1) is 16.7 Å². The van der Waals surface area contributed by atoms with Gasteiger partial charge in [-0.15, -0.1) is 0 Å². The summed E-state index contributed by atoms with van der Waals surface area (Å²) in [6.45, 7) is 4.07. The number of aromatic nitrogens is 2. The van der Waals surface area contributed by atoms with E-state index < -0.39 is 5.54 Å². The highest BCUT2D eigenvalue weighted by Gasteiger charge is 2.23. The van der Waals surface area contributed by atoms with Gasteiger partial charge in [0, 0.05) is 36.1 Å². The van der Waals surface area contributed by atoms with Crippen LogP contribution in [0.2, 0.25) is 0 Å². The van der Waals surface area contributed by atoms with Crippen molar-refractivity contribution in [2.45, 2.75) is 19.4 Å². The summed E-state index contributed by atoms with van der Waals surface area (Å²) in [7, 11) is 1.76. The summed E-state index contributed by atoms with van der Waals surface area (Å²) in [5.41, 5.74) is 8.59. The highest BCUT2D eigenvalue weighted by atomic mass is 16.1. The Bertz CT molecular complexity index is 913. The molecule has 118 valence electrons. The summed E-state index contributed by atoms with van der Waals surface area (Å²) in [6, 6.07) is 12.9. The van der Waals surface area contributed by atoms with Crippen LogP contribution in [0.1, 0.15) is 19.5 Å². The summed E-state index contributed by atoms with van der Waals surface area (Å²) in [4.78, 5) is 16.7. The molecule has 23 heavy (non-hydrogen) atoms. The number of benzene rings is 1. The molecule has 5 nitrogen and oxygen atoms in total. The Labute approximate surface area is 134 Å². The topological polar surface area (TPSA) is 72.9 Å². The van der Waals surface area contributed by atoms with Crippen LogP contribution in [-0.2, 0) is 12.6 Å². The molecule has 5 heteroatoms. The van der Waals surface area contributed by atoms with Gasteiger partial charge in [0.1, 0.15) is 0 Å². The number of hydrogen-bond acceptors (Lipinski definition) is 4. The zero-order valence-corrected chi connectivity index (χ0v) is 13.5. The second-order valence-electron chi connectivity index (χ2n) is 6.20. The van der Waals surface area contributed by atoms with E-state index in [9.17, 15) is 4.79 Å². The van der Waals surface area contributed by atoms with E-state index in [0.717, 1.165) is 22.3 Å². The van der Waals surface area contributed by atoms with Crippen LogP contribution in [0.4, 0.5) is 11.4 Å². The van der Waals surface area contributed by atoms with Crippen molar-refractivity contribution >= 4 is 22.3 Å². The lowest BCUT2D eigenvalue weighted by Gasteiger charge is -2.28. The number of nitrogens with two attached hydrogens (primary N) is 1. The van der Waals surface area contributed by atoms with Crippen LogP contribution >= 0.6 is 0 Å². The molecule has 3 rings (SSSR count). The third-order valence-corrected chi connectivity index (χ3v) is 4.02. The lowest BCUT2D eigenvalue weighted by molar-refractivity contribution is 0.588. The minimum Gasteiger partial charge on any atom is -0.399 e. The fourth-order valence-electron chi connectivity index (χ4n) is 2.72. The largest absolute Gasteiger partial charge is 0.399 e. The first-order chi connectivity index (χ1) is 10.9. The van der Waals surface area contributed by atoms with Crippen LogP contribution in [0.5, 0.6) is 0 Å². The summed E-state index contributed by atoms with van der Waals surface area (Å²) in [5, 5.41) is 4.35. The Morgan fingerprint density at radius 1 is 1.17 bits per heavy atom. The molecule has 0 aliphatic carbocycles. The number of hydrogen-bond donors (Lipinski definition) is 2. The second kappa shape index (κ2) is 5.43. The van der Waals surface area contributed by atoms with Crippen LogP contribution in [0, 0.1) is 0 Å². The molecule has 0 atom stereocenters. The molecular formula is C18H20N4O. The summed E-state index contributed by atoms with van der Waals surface area (Å²) < 4.78 is 1.62. The lowest BCUT2D eigenvalue weighted by atomic mass is 9.98. The molecule has 0 bridgehead atoms. The number of aryl methyl sites for hydroxylation is 1. The Balaban J connectivity index is 2.15. The maximum atomic E-state index is 12.2. The van der Waals surface area contributed by atoms with E-state index in [4.69, 9.17) is 5.73 Å². The molecule has 0 fully saturated rings. The minimum atomic E-state index is -0.425. The Hall–Kier alpha value is -2.82. The monoisotopic (exact) mass is 308 g/mol. The Morgan fingerprint density at radius 3 is 2.65 bits per heavy atom. The minimum absolute atomic E-state index is 0.0680. The molecule has 1 aromatic carbocycles. The van der Waals surface area contributed by atoms with E-state index in [2.05, 4.69) is 10.3 Å². The zero-order valence-electron chi connectivity index (χ0n) is 13.5. The molecule has 0 aliphatic heterocycles. The highest BCUT2D eigenvalue weighted by molar-refractivity contribution is 5.93. The number of fused-ring (bicyclic) bond motifs is 1. The predicted molar refractivity (Wildman–Crippen MR) is 94.5 cm³/mol. The second-order valence-corrected chi connectivity index (χ2v) is 6.20. The van der Waals surface area contributed by atoms with Crippen molar-refractivity contribution in [3.05, 3.63) is 64.7 Å². The molecule has 0 radical (unpaired) electrons. The van der Waals surface area contributed by atoms with E-state index in [-0.39, 0.29) is 5.56 Å². The summed E-state index contributed by atoms with van der Waals surface area (Å²) in [5.74, 6) is 0. The van der Waals surface area contributed by atoms with E-state index >= 15 is 0 Å². The van der Waals surface area contributed by atoms with Crippen molar-refractivity contribution in [2.24, 2.45) is 7.05 Å². The van der Waals surface area contributed by atoms with Gasteiger partial charge in [-0.1, -0.05) is 6.07 Å². The number of nitrogens with one attached hydrogen (secondary N) is 1. The van der Waals surface area contributed by atoms with Gasteiger partial charge in [-0.25, -0.2) is 0 Å². The van der Waals surface area contributed by atoms with Crippen LogP contribution in [-0.4, -0.2) is 9.55 Å². The van der Waals surface area contributed by atoms with Gasteiger partial charge in [-0.2, -0.15) is 0 Å². The maximum Gasteiger partial charge on any atom is 0.252 e. The van der Waals surface area contributed by atoms with Crippen LogP contribution in [0.15, 0.2) is 53.5 Å². The molecule has 3 N–H and O–H groups in total. The van der Waals surface area contributed by atoms with Crippen molar-refractivity contribution < 1.29 is 0 Å². The van der Waals surface area contributed by atoms with Crippen LogP contribution in [0.25, 0.3) is 10.9 Å². The molecular weight excluding hydrogens is 288 g/mol. The first-order valence-electron chi connectivity index (χ1n) is 7.47. The third kappa shape index (κ3) is 2.77. The van der Waals surface area contributed by atoms with Gasteiger partial charge in [0.15, 0.2) is 0 Å². The van der Waals surface area contributed by atoms with Gasteiger partial charge in [0.2, 0.25) is 0 Å². The number of rotatable bonds is 3. The Kier molecular flexibility index (Phi) is 3.56. The van der Waals surface area contributed by atoms with Crippen molar-refractivity contribution in [3.63, 3.8) is 0 Å². The van der Waals surface area contributed by atoms with Gasteiger partial charge >= 0.3 is 0 Å². The third-order valence-electron chi connectivity index (χ3n) is 4.02. The first-order valence-corrected chi connectivity index (χ1v) is 7.47. The Morgan fingerprint density at radius 2 is 1.96 bits per heavy atom. The van der Waals surface area contributed by atoms with E-state index in [0.29, 0.717) is 5.69 Å². The molecule has 0 unspecified atom stereocenters. The smallest absolute Gasteiger partial charge is 0.252 e. The molecule has 2 heterocycles. The summed E-state index contributed by atoms with van der Waals surface area (Å²) in [6.07, 6.45) is 1.76. The average molecular weight is 308 g/mol. The maximum absolute atomic E-state index is 12.2. The van der Waals surface area contributed by atoms with Crippen molar-refractivity contribution in [1.29, 1.82) is 0 Å². The fourth-order valence-corrected chi connectivity index (χ4v) is 2.72. The van der Waals surface area contributed by atoms with Crippen molar-refractivity contribution in [2.75, 3.05) is 11.1 Å². The van der Waals surface area contributed by atoms with Gasteiger partial charge in [-0.3, -0.25) is 9.78 Å². The summed E-state index contributed by atoms with van der Waals surface area (Å²) >= 11 is 0. The first kappa shape index (κ1) is 15.1.